The van der Waals surface area contributed by atoms with Crippen LogP contribution in [0.5, 0.6) is 5.75 Å². The van der Waals surface area contributed by atoms with E-state index in [4.69, 9.17) is 27.9 Å². The van der Waals surface area contributed by atoms with Gasteiger partial charge in [0.1, 0.15) is 5.75 Å². The fourth-order valence-electron chi connectivity index (χ4n) is 2.75. The summed E-state index contributed by atoms with van der Waals surface area (Å²) in [4.78, 5) is 35.9. The molecule has 0 unspecified atom stereocenters. The molecule has 0 aliphatic rings. The first kappa shape index (κ1) is 22.3. The van der Waals surface area contributed by atoms with E-state index in [1.165, 1.54) is 19.1 Å². The predicted octanol–water partition coefficient (Wildman–Crippen LogP) is 5.10. The molecule has 3 rings (SSSR count). The van der Waals surface area contributed by atoms with Crippen LogP contribution in [-0.4, -0.2) is 17.8 Å². The van der Waals surface area contributed by atoms with Crippen molar-refractivity contribution < 1.29 is 19.1 Å². The molecule has 8 heteroatoms. The van der Waals surface area contributed by atoms with Crippen molar-refractivity contribution in [3.05, 3.63) is 93.5 Å². The molecule has 0 aliphatic carbocycles. The second kappa shape index (κ2) is 10.1. The SMILES string of the molecule is CC(=O)Oc1cccc(C(=O)Nc2cccc(CNC(=O)c3ccc(Cl)c(Cl)c3)c2)c1. The molecule has 0 radical (unpaired) electrons. The van der Waals surface area contributed by atoms with E-state index in [1.54, 1.807) is 48.5 Å². The van der Waals surface area contributed by atoms with Crippen molar-refractivity contribution in [3.63, 3.8) is 0 Å². The van der Waals surface area contributed by atoms with Crippen molar-refractivity contribution in [2.24, 2.45) is 0 Å². The number of amides is 2. The van der Waals surface area contributed by atoms with Gasteiger partial charge in [0.05, 0.1) is 10.0 Å². The summed E-state index contributed by atoms with van der Waals surface area (Å²) in [6.45, 7) is 1.54. The van der Waals surface area contributed by atoms with Crippen LogP contribution in [0.25, 0.3) is 0 Å². The molecular formula is C23H18Cl2N2O4. The standard InChI is InChI=1S/C23H18Cl2N2O4/c1-14(28)31-19-7-3-5-16(11-19)23(30)27-18-6-2-4-15(10-18)13-26-22(29)17-8-9-20(24)21(25)12-17/h2-12H,13H2,1H3,(H,26,29)(H,27,30). The van der Waals surface area contributed by atoms with Crippen molar-refractivity contribution in [3.8, 4) is 5.75 Å². The molecule has 0 aromatic heterocycles. The topological polar surface area (TPSA) is 84.5 Å². The monoisotopic (exact) mass is 456 g/mol. The molecule has 0 atom stereocenters. The molecule has 2 N–H and O–H groups in total. The number of hydrogen-bond acceptors (Lipinski definition) is 4. The number of carbonyl (C=O) groups is 3. The maximum absolute atomic E-state index is 12.5. The highest BCUT2D eigenvalue weighted by atomic mass is 35.5. The maximum Gasteiger partial charge on any atom is 0.308 e. The third-order valence-corrected chi connectivity index (χ3v) is 4.92. The molecule has 31 heavy (non-hydrogen) atoms. The molecule has 6 nitrogen and oxygen atoms in total. The normalized spacial score (nSPS) is 10.3. The summed E-state index contributed by atoms with van der Waals surface area (Å²) in [5.41, 5.74) is 2.09. The average molecular weight is 457 g/mol. The Hall–Kier alpha value is -3.35. The lowest BCUT2D eigenvalue weighted by molar-refractivity contribution is -0.131. The Labute approximate surface area is 189 Å². The minimum Gasteiger partial charge on any atom is -0.427 e. The highest BCUT2D eigenvalue weighted by Crippen LogP contribution is 2.22. The Balaban J connectivity index is 1.63. The van der Waals surface area contributed by atoms with E-state index in [9.17, 15) is 14.4 Å². The van der Waals surface area contributed by atoms with Gasteiger partial charge in [-0.05, 0) is 54.1 Å². The first-order valence-corrected chi connectivity index (χ1v) is 9.99. The number of nitrogens with one attached hydrogen (secondary N) is 2. The minimum absolute atomic E-state index is 0.255. The number of benzene rings is 3. The molecule has 0 bridgehead atoms. The van der Waals surface area contributed by atoms with Crippen LogP contribution >= 0.6 is 23.2 Å². The third kappa shape index (κ3) is 6.31. The second-order valence-electron chi connectivity index (χ2n) is 6.59. The lowest BCUT2D eigenvalue weighted by atomic mass is 10.1. The zero-order valence-corrected chi connectivity index (χ0v) is 18.0. The van der Waals surface area contributed by atoms with E-state index in [1.807, 2.05) is 6.07 Å². The molecular weight excluding hydrogens is 439 g/mol. The van der Waals surface area contributed by atoms with Crippen LogP contribution in [0.15, 0.2) is 66.7 Å². The molecule has 0 aliphatic heterocycles. The zero-order valence-electron chi connectivity index (χ0n) is 16.4. The van der Waals surface area contributed by atoms with Crippen LogP contribution in [0.3, 0.4) is 0 Å². The van der Waals surface area contributed by atoms with Crippen LogP contribution < -0.4 is 15.4 Å². The van der Waals surface area contributed by atoms with E-state index in [-0.39, 0.29) is 18.4 Å². The molecule has 0 spiro atoms. The van der Waals surface area contributed by atoms with E-state index in [2.05, 4.69) is 10.6 Å². The molecule has 0 fully saturated rings. The minimum atomic E-state index is -0.465. The van der Waals surface area contributed by atoms with Gasteiger partial charge in [0.2, 0.25) is 0 Å². The van der Waals surface area contributed by atoms with Crippen molar-refractivity contribution in [2.75, 3.05) is 5.32 Å². The lowest BCUT2D eigenvalue weighted by Crippen LogP contribution is -2.22. The maximum atomic E-state index is 12.5. The van der Waals surface area contributed by atoms with Crippen LogP contribution in [0.2, 0.25) is 10.0 Å². The quantitative estimate of drug-likeness (QED) is 0.399. The number of rotatable bonds is 6. The number of halogens is 2. The van der Waals surface area contributed by atoms with Crippen LogP contribution in [0.1, 0.15) is 33.2 Å². The van der Waals surface area contributed by atoms with Gasteiger partial charge >= 0.3 is 5.97 Å². The Morgan fingerprint density at radius 3 is 2.32 bits per heavy atom. The Morgan fingerprint density at radius 2 is 1.58 bits per heavy atom. The number of carbonyl (C=O) groups excluding carboxylic acids is 3. The zero-order chi connectivity index (χ0) is 22.4. The third-order valence-electron chi connectivity index (χ3n) is 4.18. The largest absolute Gasteiger partial charge is 0.427 e. The van der Waals surface area contributed by atoms with Gasteiger partial charge < -0.3 is 15.4 Å². The smallest absolute Gasteiger partial charge is 0.308 e. The summed E-state index contributed by atoms with van der Waals surface area (Å²) in [5.74, 6) is -0.826. The number of esters is 1. The van der Waals surface area contributed by atoms with Crippen LogP contribution in [-0.2, 0) is 11.3 Å². The molecule has 2 amide bonds. The molecule has 0 saturated carbocycles. The first-order chi connectivity index (χ1) is 14.8. The van der Waals surface area contributed by atoms with E-state index in [0.717, 1.165) is 5.56 Å². The summed E-state index contributed by atoms with van der Waals surface area (Å²) < 4.78 is 5.00. The molecule has 0 heterocycles. The summed E-state index contributed by atoms with van der Waals surface area (Å²) in [6.07, 6.45) is 0. The number of ether oxygens (including phenoxy) is 1. The van der Waals surface area contributed by atoms with Gasteiger partial charge in [-0.25, -0.2) is 0 Å². The Bertz CT molecular complexity index is 1150. The van der Waals surface area contributed by atoms with E-state index in [0.29, 0.717) is 32.6 Å². The second-order valence-corrected chi connectivity index (χ2v) is 7.40. The van der Waals surface area contributed by atoms with E-state index >= 15 is 0 Å². The van der Waals surface area contributed by atoms with Crippen molar-refractivity contribution >= 4 is 46.7 Å². The Kier molecular flexibility index (Phi) is 7.28. The summed E-state index contributed by atoms with van der Waals surface area (Å²) in [7, 11) is 0. The van der Waals surface area contributed by atoms with Gasteiger partial charge in [0, 0.05) is 30.3 Å². The lowest BCUT2D eigenvalue weighted by Gasteiger charge is -2.10. The van der Waals surface area contributed by atoms with Gasteiger partial charge in [-0.1, -0.05) is 41.4 Å². The van der Waals surface area contributed by atoms with Gasteiger partial charge in [-0.15, -0.1) is 0 Å². The number of anilines is 1. The molecule has 0 saturated heterocycles. The summed E-state index contributed by atoms with van der Waals surface area (Å²) in [5, 5.41) is 6.26. The van der Waals surface area contributed by atoms with Crippen molar-refractivity contribution in [1.82, 2.24) is 5.32 Å². The molecule has 158 valence electrons. The fraction of sp³-hybridized carbons (Fsp3) is 0.0870. The highest BCUT2D eigenvalue weighted by Gasteiger charge is 2.10. The van der Waals surface area contributed by atoms with Gasteiger partial charge in [-0.2, -0.15) is 0 Å². The molecule has 3 aromatic carbocycles. The van der Waals surface area contributed by atoms with Gasteiger partial charge in [0.25, 0.3) is 11.8 Å². The first-order valence-electron chi connectivity index (χ1n) is 9.24. The molecule has 3 aromatic rings. The van der Waals surface area contributed by atoms with Gasteiger partial charge in [-0.3, -0.25) is 14.4 Å². The van der Waals surface area contributed by atoms with Gasteiger partial charge in [0.15, 0.2) is 0 Å². The number of hydrogen-bond donors (Lipinski definition) is 2. The van der Waals surface area contributed by atoms with E-state index < -0.39 is 5.97 Å². The van der Waals surface area contributed by atoms with Crippen molar-refractivity contribution in [2.45, 2.75) is 13.5 Å². The highest BCUT2D eigenvalue weighted by molar-refractivity contribution is 6.42. The fourth-order valence-corrected chi connectivity index (χ4v) is 3.05. The summed E-state index contributed by atoms with van der Waals surface area (Å²) in [6, 6.07) is 18.0. The Morgan fingerprint density at radius 1 is 0.839 bits per heavy atom. The summed E-state index contributed by atoms with van der Waals surface area (Å²) >= 11 is 11.8. The van der Waals surface area contributed by atoms with Crippen molar-refractivity contribution in [1.29, 1.82) is 0 Å². The average Bonchev–Trinajstić information content (AvgIpc) is 2.74. The van der Waals surface area contributed by atoms with Crippen LogP contribution in [0, 0.1) is 0 Å². The van der Waals surface area contributed by atoms with Crippen LogP contribution in [0.4, 0.5) is 5.69 Å². The predicted molar refractivity (Wildman–Crippen MR) is 120 cm³/mol.